The SMILES string of the molecule is CCCC(NC(=O)c1cccc(Cn2nc(C)cc2C)c1)C(=O)N1CCc2sccc2C1. The number of amides is 2. The molecule has 1 N–H and O–H groups in total. The molecule has 168 valence electrons. The van der Waals surface area contributed by atoms with Crippen molar-refractivity contribution in [2.75, 3.05) is 6.54 Å². The van der Waals surface area contributed by atoms with Gasteiger partial charge in [-0.05, 0) is 67.5 Å². The molecule has 3 aromatic rings. The van der Waals surface area contributed by atoms with Crippen molar-refractivity contribution in [3.63, 3.8) is 0 Å². The summed E-state index contributed by atoms with van der Waals surface area (Å²) in [5, 5.41) is 9.60. The second kappa shape index (κ2) is 9.69. The predicted molar refractivity (Wildman–Crippen MR) is 127 cm³/mol. The van der Waals surface area contributed by atoms with Gasteiger partial charge in [-0.1, -0.05) is 25.5 Å². The number of carbonyl (C=O) groups excluding carboxylic acids is 2. The summed E-state index contributed by atoms with van der Waals surface area (Å²) in [6.45, 7) is 7.98. The maximum atomic E-state index is 13.2. The normalized spacial score (nSPS) is 14.2. The van der Waals surface area contributed by atoms with Crippen LogP contribution in [0.2, 0.25) is 0 Å². The summed E-state index contributed by atoms with van der Waals surface area (Å²) in [5.41, 5.74) is 4.86. The average molecular weight is 451 g/mol. The first kappa shape index (κ1) is 22.3. The monoisotopic (exact) mass is 450 g/mol. The lowest BCUT2D eigenvalue weighted by atomic mass is 10.0. The summed E-state index contributed by atoms with van der Waals surface area (Å²) >= 11 is 1.76. The van der Waals surface area contributed by atoms with Gasteiger partial charge in [0.15, 0.2) is 0 Å². The fraction of sp³-hybridized carbons (Fsp3) is 0.400. The minimum Gasteiger partial charge on any atom is -0.340 e. The Bertz CT molecular complexity index is 1120. The quantitative estimate of drug-likeness (QED) is 0.589. The average Bonchev–Trinajstić information content (AvgIpc) is 3.38. The minimum absolute atomic E-state index is 0.0100. The van der Waals surface area contributed by atoms with Gasteiger partial charge >= 0.3 is 0 Å². The molecule has 3 heterocycles. The second-order valence-electron chi connectivity index (χ2n) is 8.48. The first-order chi connectivity index (χ1) is 15.4. The lowest BCUT2D eigenvalue weighted by Crippen LogP contribution is -2.49. The van der Waals surface area contributed by atoms with Crippen molar-refractivity contribution in [2.45, 2.75) is 59.2 Å². The number of hydrogen-bond donors (Lipinski definition) is 1. The lowest BCUT2D eigenvalue weighted by molar-refractivity contribution is -0.134. The van der Waals surface area contributed by atoms with Gasteiger partial charge in [0.25, 0.3) is 5.91 Å². The molecule has 0 saturated heterocycles. The largest absolute Gasteiger partial charge is 0.340 e. The van der Waals surface area contributed by atoms with E-state index in [1.165, 1.54) is 10.4 Å². The topological polar surface area (TPSA) is 67.2 Å². The molecule has 1 aromatic carbocycles. The molecule has 0 aliphatic carbocycles. The Labute approximate surface area is 193 Å². The maximum absolute atomic E-state index is 13.2. The van der Waals surface area contributed by atoms with Crippen LogP contribution in [0.15, 0.2) is 41.8 Å². The molecule has 0 fully saturated rings. The Morgan fingerprint density at radius 3 is 2.81 bits per heavy atom. The van der Waals surface area contributed by atoms with Crippen molar-refractivity contribution in [3.8, 4) is 0 Å². The molecule has 2 amide bonds. The van der Waals surface area contributed by atoms with Crippen LogP contribution in [0, 0.1) is 13.8 Å². The van der Waals surface area contributed by atoms with E-state index in [2.05, 4.69) is 21.9 Å². The number of aryl methyl sites for hydroxylation is 2. The second-order valence-corrected chi connectivity index (χ2v) is 9.48. The molecular weight excluding hydrogens is 420 g/mol. The van der Waals surface area contributed by atoms with Crippen LogP contribution in [0.4, 0.5) is 0 Å². The van der Waals surface area contributed by atoms with E-state index in [0.717, 1.165) is 29.8 Å². The van der Waals surface area contributed by atoms with Gasteiger partial charge in [0.1, 0.15) is 6.04 Å². The molecular formula is C25H30N4O2S. The van der Waals surface area contributed by atoms with Crippen LogP contribution in [0.3, 0.4) is 0 Å². The fourth-order valence-electron chi connectivity index (χ4n) is 4.26. The summed E-state index contributed by atoms with van der Waals surface area (Å²) in [5.74, 6) is -0.198. The zero-order chi connectivity index (χ0) is 22.7. The van der Waals surface area contributed by atoms with Gasteiger partial charge in [0.2, 0.25) is 5.91 Å². The molecule has 1 atom stereocenters. The van der Waals surface area contributed by atoms with Crippen molar-refractivity contribution >= 4 is 23.2 Å². The molecule has 4 rings (SSSR count). The third-order valence-electron chi connectivity index (χ3n) is 5.92. The summed E-state index contributed by atoms with van der Waals surface area (Å²) in [6.07, 6.45) is 2.34. The molecule has 1 aliphatic rings. The Hall–Kier alpha value is -2.93. The van der Waals surface area contributed by atoms with E-state index in [4.69, 9.17) is 0 Å². The van der Waals surface area contributed by atoms with Crippen LogP contribution in [0.25, 0.3) is 0 Å². The van der Waals surface area contributed by atoms with Gasteiger partial charge in [0, 0.05) is 29.2 Å². The van der Waals surface area contributed by atoms with Crippen LogP contribution in [0.1, 0.15) is 57.5 Å². The number of hydrogen-bond acceptors (Lipinski definition) is 4. The molecule has 1 unspecified atom stereocenters. The van der Waals surface area contributed by atoms with Crippen molar-refractivity contribution < 1.29 is 9.59 Å². The Balaban J connectivity index is 1.45. The summed E-state index contributed by atoms with van der Waals surface area (Å²) in [4.78, 5) is 29.5. The van der Waals surface area contributed by atoms with Gasteiger partial charge in [0.05, 0.1) is 12.2 Å². The zero-order valence-corrected chi connectivity index (χ0v) is 19.7. The van der Waals surface area contributed by atoms with Gasteiger partial charge in [-0.2, -0.15) is 5.10 Å². The standard InChI is InChI=1S/C25H30N4O2S/c1-4-6-22(25(31)28-11-9-23-21(16-28)10-12-32-23)26-24(30)20-8-5-7-19(14-20)15-29-18(3)13-17(2)27-29/h5,7-8,10,12-14,22H,4,6,9,11,15-16H2,1-3H3,(H,26,30). The lowest BCUT2D eigenvalue weighted by Gasteiger charge is -2.31. The highest BCUT2D eigenvalue weighted by Crippen LogP contribution is 2.24. The van der Waals surface area contributed by atoms with Gasteiger partial charge in [-0.15, -0.1) is 11.3 Å². The first-order valence-corrected chi connectivity index (χ1v) is 12.1. The third-order valence-corrected chi connectivity index (χ3v) is 6.95. The molecule has 32 heavy (non-hydrogen) atoms. The highest BCUT2D eigenvalue weighted by Gasteiger charge is 2.28. The van der Waals surface area contributed by atoms with Crippen molar-refractivity contribution in [1.29, 1.82) is 0 Å². The minimum atomic E-state index is -0.507. The van der Waals surface area contributed by atoms with Crippen LogP contribution in [-0.2, 0) is 24.3 Å². The summed E-state index contributed by atoms with van der Waals surface area (Å²) in [7, 11) is 0. The van der Waals surface area contributed by atoms with Crippen LogP contribution in [0.5, 0.6) is 0 Å². The molecule has 0 saturated carbocycles. The van der Waals surface area contributed by atoms with E-state index in [0.29, 0.717) is 31.6 Å². The van der Waals surface area contributed by atoms with Crippen molar-refractivity contribution in [2.24, 2.45) is 0 Å². The predicted octanol–water partition coefficient (Wildman–Crippen LogP) is 4.09. The fourth-order valence-corrected chi connectivity index (χ4v) is 5.15. The smallest absolute Gasteiger partial charge is 0.251 e. The summed E-state index contributed by atoms with van der Waals surface area (Å²) < 4.78 is 1.94. The van der Waals surface area contributed by atoms with Crippen molar-refractivity contribution in [3.05, 3.63) is 74.7 Å². The zero-order valence-electron chi connectivity index (χ0n) is 18.9. The third kappa shape index (κ3) is 4.93. The summed E-state index contributed by atoms with van der Waals surface area (Å²) in [6, 6.07) is 11.2. The van der Waals surface area contributed by atoms with Gasteiger partial charge < -0.3 is 10.2 Å². The number of rotatable bonds is 7. The Morgan fingerprint density at radius 1 is 1.22 bits per heavy atom. The number of fused-ring (bicyclic) bond motifs is 1. The number of nitrogens with one attached hydrogen (secondary N) is 1. The molecule has 2 aromatic heterocycles. The first-order valence-electron chi connectivity index (χ1n) is 11.2. The molecule has 0 bridgehead atoms. The molecule has 1 aliphatic heterocycles. The van der Waals surface area contributed by atoms with Crippen LogP contribution in [-0.4, -0.2) is 39.1 Å². The Morgan fingerprint density at radius 2 is 2.06 bits per heavy atom. The van der Waals surface area contributed by atoms with Crippen molar-refractivity contribution in [1.82, 2.24) is 20.0 Å². The van der Waals surface area contributed by atoms with E-state index >= 15 is 0 Å². The number of carbonyl (C=O) groups is 2. The number of thiophene rings is 1. The highest BCUT2D eigenvalue weighted by atomic mass is 32.1. The van der Waals surface area contributed by atoms with E-state index in [-0.39, 0.29) is 11.8 Å². The number of aromatic nitrogens is 2. The van der Waals surface area contributed by atoms with Gasteiger partial charge in [-0.25, -0.2) is 0 Å². The molecule has 0 spiro atoms. The number of nitrogens with zero attached hydrogens (tertiary/aromatic N) is 3. The van der Waals surface area contributed by atoms with Gasteiger partial charge in [-0.3, -0.25) is 14.3 Å². The van der Waals surface area contributed by atoms with Crippen LogP contribution < -0.4 is 5.32 Å². The van der Waals surface area contributed by atoms with Crippen LogP contribution >= 0.6 is 11.3 Å². The maximum Gasteiger partial charge on any atom is 0.251 e. The van der Waals surface area contributed by atoms with E-state index in [1.54, 1.807) is 17.4 Å². The molecule has 7 heteroatoms. The number of benzene rings is 1. The van der Waals surface area contributed by atoms with E-state index in [1.807, 2.05) is 54.6 Å². The Kier molecular flexibility index (Phi) is 6.74. The highest BCUT2D eigenvalue weighted by molar-refractivity contribution is 7.10. The molecule has 0 radical (unpaired) electrons. The molecule has 6 nitrogen and oxygen atoms in total. The van der Waals surface area contributed by atoms with E-state index < -0.39 is 6.04 Å². The van der Waals surface area contributed by atoms with E-state index in [9.17, 15) is 9.59 Å².